The van der Waals surface area contributed by atoms with Gasteiger partial charge in [0, 0.05) is 24.6 Å². The van der Waals surface area contributed by atoms with Crippen LogP contribution in [0.3, 0.4) is 0 Å². The SMILES string of the molecule is Cc1ccc(N2CC(c3nnc(NC(=O)c4ccccc4S(=O)(=O)CCC(C)C)s3)CC2=O)cc1C. The van der Waals surface area contributed by atoms with Gasteiger partial charge in [0.15, 0.2) is 9.84 Å². The molecule has 36 heavy (non-hydrogen) atoms. The molecule has 1 N–H and O–H groups in total. The zero-order valence-corrected chi connectivity index (χ0v) is 22.4. The molecule has 1 aliphatic heterocycles. The molecule has 3 aromatic rings. The molecule has 10 heteroatoms. The first-order chi connectivity index (χ1) is 17.0. The smallest absolute Gasteiger partial charge is 0.258 e. The second kappa shape index (κ2) is 10.5. The minimum Gasteiger partial charge on any atom is -0.312 e. The van der Waals surface area contributed by atoms with E-state index in [1.54, 1.807) is 17.0 Å². The van der Waals surface area contributed by atoms with Crippen LogP contribution in [-0.2, 0) is 14.6 Å². The van der Waals surface area contributed by atoms with Crippen molar-refractivity contribution in [3.05, 3.63) is 64.2 Å². The van der Waals surface area contributed by atoms with Gasteiger partial charge in [0.05, 0.1) is 16.2 Å². The lowest BCUT2D eigenvalue weighted by Crippen LogP contribution is -2.24. The number of anilines is 2. The molecular formula is C26H30N4O4S2. The van der Waals surface area contributed by atoms with E-state index in [1.165, 1.54) is 29.0 Å². The van der Waals surface area contributed by atoms with E-state index in [4.69, 9.17) is 0 Å². The summed E-state index contributed by atoms with van der Waals surface area (Å²) in [6, 6.07) is 12.2. The summed E-state index contributed by atoms with van der Waals surface area (Å²) in [6.07, 6.45) is 0.823. The van der Waals surface area contributed by atoms with E-state index < -0.39 is 15.7 Å². The summed E-state index contributed by atoms with van der Waals surface area (Å²) < 4.78 is 25.7. The van der Waals surface area contributed by atoms with E-state index in [0.717, 1.165) is 11.3 Å². The van der Waals surface area contributed by atoms with Crippen molar-refractivity contribution in [3.8, 4) is 0 Å². The van der Waals surface area contributed by atoms with Crippen molar-refractivity contribution in [1.29, 1.82) is 0 Å². The second-order valence-electron chi connectivity index (χ2n) is 9.57. The molecule has 0 bridgehead atoms. The van der Waals surface area contributed by atoms with E-state index in [-0.39, 0.29) is 39.1 Å². The van der Waals surface area contributed by atoms with Crippen molar-refractivity contribution in [3.63, 3.8) is 0 Å². The highest BCUT2D eigenvalue weighted by Crippen LogP contribution is 2.35. The summed E-state index contributed by atoms with van der Waals surface area (Å²) in [5.41, 5.74) is 3.23. The van der Waals surface area contributed by atoms with Crippen LogP contribution in [0.25, 0.3) is 0 Å². The monoisotopic (exact) mass is 526 g/mol. The Balaban J connectivity index is 1.48. The summed E-state index contributed by atoms with van der Waals surface area (Å²) in [7, 11) is -3.61. The minimum atomic E-state index is -3.61. The Kier molecular flexibility index (Phi) is 7.56. The van der Waals surface area contributed by atoms with Crippen molar-refractivity contribution in [2.24, 2.45) is 5.92 Å². The zero-order valence-electron chi connectivity index (χ0n) is 20.8. The minimum absolute atomic E-state index is 0.0123. The number of nitrogens with one attached hydrogen (secondary N) is 1. The molecule has 2 heterocycles. The van der Waals surface area contributed by atoms with Crippen LogP contribution in [0.1, 0.15) is 59.1 Å². The number of hydrogen-bond acceptors (Lipinski definition) is 7. The first-order valence-electron chi connectivity index (χ1n) is 11.9. The highest BCUT2D eigenvalue weighted by atomic mass is 32.2. The Morgan fingerprint density at radius 3 is 2.61 bits per heavy atom. The Hall–Kier alpha value is -3.11. The van der Waals surface area contributed by atoms with Gasteiger partial charge in [-0.25, -0.2) is 8.42 Å². The molecule has 0 radical (unpaired) electrons. The first-order valence-corrected chi connectivity index (χ1v) is 14.4. The quantitative estimate of drug-likeness (QED) is 0.454. The Morgan fingerprint density at radius 2 is 1.89 bits per heavy atom. The van der Waals surface area contributed by atoms with Crippen molar-refractivity contribution in [2.75, 3.05) is 22.5 Å². The zero-order chi connectivity index (χ0) is 26.0. The number of benzene rings is 2. The number of sulfone groups is 1. The van der Waals surface area contributed by atoms with Crippen molar-refractivity contribution in [1.82, 2.24) is 10.2 Å². The lowest BCUT2D eigenvalue weighted by molar-refractivity contribution is -0.117. The average molecular weight is 527 g/mol. The number of aromatic nitrogens is 2. The second-order valence-corrected chi connectivity index (χ2v) is 12.7. The van der Waals surface area contributed by atoms with Gasteiger partial charge in [-0.1, -0.05) is 43.4 Å². The molecule has 1 unspecified atom stereocenters. The third kappa shape index (κ3) is 5.65. The molecule has 1 aromatic heterocycles. The normalized spacial score (nSPS) is 16.1. The molecule has 0 saturated carbocycles. The number of rotatable bonds is 8. The number of hydrogen-bond donors (Lipinski definition) is 1. The molecule has 1 atom stereocenters. The number of amides is 2. The molecule has 1 fully saturated rings. The number of nitrogens with zero attached hydrogens (tertiary/aromatic N) is 3. The van der Waals surface area contributed by atoms with Crippen LogP contribution in [-0.4, -0.2) is 42.7 Å². The predicted octanol–water partition coefficient (Wildman–Crippen LogP) is 4.75. The fourth-order valence-corrected chi connectivity index (χ4v) is 6.67. The summed E-state index contributed by atoms with van der Waals surface area (Å²) in [5, 5.41) is 11.9. The Bertz CT molecular complexity index is 1400. The molecular weight excluding hydrogens is 496 g/mol. The van der Waals surface area contributed by atoms with Gasteiger partial charge in [-0.15, -0.1) is 10.2 Å². The fourth-order valence-electron chi connectivity index (χ4n) is 4.06. The van der Waals surface area contributed by atoms with Gasteiger partial charge >= 0.3 is 0 Å². The van der Waals surface area contributed by atoms with E-state index in [9.17, 15) is 18.0 Å². The molecule has 1 aliphatic rings. The van der Waals surface area contributed by atoms with Gasteiger partial charge in [-0.05, 0) is 61.6 Å². The van der Waals surface area contributed by atoms with Crippen LogP contribution in [0.4, 0.5) is 10.8 Å². The highest BCUT2D eigenvalue weighted by Gasteiger charge is 2.34. The van der Waals surface area contributed by atoms with Crippen LogP contribution in [0.5, 0.6) is 0 Å². The molecule has 2 amide bonds. The van der Waals surface area contributed by atoms with E-state index in [1.807, 2.05) is 45.9 Å². The van der Waals surface area contributed by atoms with Crippen LogP contribution in [0.15, 0.2) is 47.4 Å². The highest BCUT2D eigenvalue weighted by molar-refractivity contribution is 7.91. The van der Waals surface area contributed by atoms with Crippen molar-refractivity contribution in [2.45, 2.75) is 51.3 Å². The molecule has 1 saturated heterocycles. The van der Waals surface area contributed by atoms with Crippen LogP contribution in [0.2, 0.25) is 0 Å². The third-order valence-corrected chi connectivity index (χ3v) is 9.17. The average Bonchev–Trinajstić information content (AvgIpc) is 3.46. The molecule has 190 valence electrons. The topological polar surface area (TPSA) is 109 Å². The van der Waals surface area contributed by atoms with Gasteiger partial charge in [0.25, 0.3) is 5.91 Å². The Morgan fingerprint density at radius 1 is 1.14 bits per heavy atom. The van der Waals surface area contributed by atoms with Gasteiger partial charge in [0.2, 0.25) is 11.0 Å². The van der Waals surface area contributed by atoms with E-state index in [2.05, 4.69) is 15.5 Å². The van der Waals surface area contributed by atoms with Gasteiger partial charge < -0.3 is 4.90 Å². The molecule has 4 rings (SSSR count). The summed E-state index contributed by atoms with van der Waals surface area (Å²) in [5.74, 6) is -0.463. The van der Waals surface area contributed by atoms with Gasteiger partial charge in [-0.2, -0.15) is 0 Å². The van der Waals surface area contributed by atoms with Gasteiger partial charge in [-0.3, -0.25) is 14.9 Å². The standard InChI is InChI=1S/C26H30N4O4S2/c1-16(2)11-12-36(33,34)22-8-6-5-7-21(22)24(32)27-26-29-28-25(35-26)19-14-23(31)30(15-19)20-10-9-17(3)18(4)13-20/h5-10,13,16,19H,11-12,14-15H2,1-4H3,(H,27,29,32). The fraction of sp³-hybridized carbons (Fsp3) is 0.385. The number of carbonyl (C=O) groups excluding carboxylic acids is 2. The lowest BCUT2D eigenvalue weighted by atomic mass is 10.1. The summed E-state index contributed by atoms with van der Waals surface area (Å²) in [6.45, 7) is 8.45. The van der Waals surface area contributed by atoms with Crippen molar-refractivity contribution >= 4 is 43.8 Å². The maximum Gasteiger partial charge on any atom is 0.258 e. The Labute approximate surface area is 215 Å². The van der Waals surface area contributed by atoms with Crippen LogP contribution in [0, 0.1) is 19.8 Å². The first kappa shape index (κ1) is 26.0. The van der Waals surface area contributed by atoms with E-state index >= 15 is 0 Å². The van der Waals surface area contributed by atoms with E-state index in [0.29, 0.717) is 24.4 Å². The van der Waals surface area contributed by atoms with Crippen LogP contribution < -0.4 is 10.2 Å². The lowest BCUT2D eigenvalue weighted by Gasteiger charge is -2.17. The maximum atomic E-state index is 13.0. The van der Waals surface area contributed by atoms with Crippen LogP contribution >= 0.6 is 11.3 Å². The number of aryl methyl sites for hydroxylation is 2. The maximum absolute atomic E-state index is 13.0. The molecule has 0 aliphatic carbocycles. The molecule has 0 spiro atoms. The summed E-state index contributed by atoms with van der Waals surface area (Å²) >= 11 is 1.20. The molecule has 8 nitrogen and oxygen atoms in total. The third-order valence-electron chi connectivity index (χ3n) is 6.37. The molecule has 2 aromatic carbocycles. The van der Waals surface area contributed by atoms with Gasteiger partial charge in [0.1, 0.15) is 5.01 Å². The summed E-state index contributed by atoms with van der Waals surface area (Å²) in [4.78, 5) is 27.5. The largest absolute Gasteiger partial charge is 0.312 e. The number of carbonyl (C=O) groups is 2. The van der Waals surface area contributed by atoms with Crippen molar-refractivity contribution < 1.29 is 18.0 Å². The predicted molar refractivity (Wildman–Crippen MR) is 141 cm³/mol.